The molecule has 2 N–H and O–H groups in total. The molecule has 0 aromatic heterocycles. The van der Waals surface area contributed by atoms with Crippen LogP contribution in [-0.2, 0) is 22.0 Å². The zero-order valence-corrected chi connectivity index (χ0v) is 12.3. The summed E-state index contributed by atoms with van der Waals surface area (Å²) in [4.78, 5) is 14.9. The summed E-state index contributed by atoms with van der Waals surface area (Å²) in [5, 5.41) is 3.08. The first kappa shape index (κ1) is 19.8. The number of benzene rings is 1. The second-order valence-corrected chi connectivity index (χ2v) is 4.55. The van der Waals surface area contributed by atoms with Crippen LogP contribution >= 0.6 is 11.6 Å². The van der Waals surface area contributed by atoms with E-state index in [1.54, 1.807) is 0 Å². The maximum atomic E-state index is 12.7. The van der Waals surface area contributed by atoms with E-state index in [1.807, 2.05) is 0 Å². The van der Waals surface area contributed by atoms with E-state index in [0.717, 1.165) is 12.2 Å². The molecule has 0 spiro atoms. The van der Waals surface area contributed by atoms with Crippen molar-refractivity contribution in [3.05, 3.63) is 41.0 Å². The number of carbonyl (C=O) groups is 1. The lowest BCUT2D eigenvalue weighted by Crippen LogP contribution is -2.12. The van der Waals surface area contributed by atoms with Crippen LogP contribution in [0.3, 0.4) is 0 Å². The van der Waals surface area contributed by atoms with Gasteiger partial charge in [-0.3, -0.25) is 0 Å². The molecule has 0 saturated carbocycles. The fourth-order valence-corrected chi connectivity index (χ4v) is 1.46. The topological polar surface area (TPSA) is 64.7 Å². The third-order valence-corrected chi connectivity index (χ3v) is 2.64. The van der Waals surface area contributed by atoms with Crippen molar-refractivity contribution in [1.82, 2.24) is 0 Å². The Balaban J connectivity index is 3.15. The molecule has 11 heteroatoms. The molecule has 132 valence electrons. The summed E-state index contributed by atoms with van der Waals surface area (Å²) in [6.07, 6.45) is -8.19. The van der Waals surface area contributed by atoms with Gasteiger partial charge in [-0.1, -0.05) is 11.2 Å². The van der Waals surface area contributed by atoms with Crippen LogP contribution in [0.25, 0.3) is 6.08 Å². The normalized spacial score (nSPS) is 13.4. The Bertz CT molecular complexity index is 635. The Morgan fingerprint density at radius 3 is 2.04 bits per heavy atom. The Hall–Kier alpha value is -2.23. The van der Waals surface area contributed by atoms with E-state index in [-0.39, 0.29) is 6.07 Å². The molecule has 24 heavy (non-hydrogen) atoms. The van der Waals surface area contributed by atoms with E-state index in [2.05, 4.69) is 9.99 Å². The van der Waals surface area contributed by atoms with Crippen LogP contribution < -0.4 is 5.73 Å². The van der Waals surface area contributed by atoms with Crippen molar-refractivity contribution in [2.45, 2.75) is 12.4 Å². The molecule has 1 aromatic rings. The van der Waals surface area contributed by atoms with E-state index in [9.17, 15) is 31.1 Å². The Morgan fingerprint density at radius 2 is 1.62 bits per heavy atom. The Kier molecular flexibility index (Phi) is 6.24. The molecule has 0 radical (unpaired) electrons. The summed E-state index contributed by atoms with van der Waals surface area (Å²) >= 11 is 5.11. The minimum Gasteiger partial charge on any atom is -0.381 e. The molecule has 0 saturated heterocycles. The second kappa shape index (κ2) is 7.56. The SMILES string of the molecule is NC(C=Cc1cc(C(F)(F)F)cc(C(F)(F)F)c1)=NOC(=O)CCl. The summed E-state index contributed by atoms with van der Waals surface area (Å²) in [6, 6.07) is 1.00. The van der Waals surface area contributed by atoms with Crippen molar-refractivity contribution in [3.63, 3.8) is 0 Å². The largest absolute Gasteiger partial charge is 0.416 e. The number of carbonyl (C=O) groups excluding carboxylic acids is 1. The van der Waals surface area contributed by atoms with Gasteiger partial charge in [0.05, 0.1) is 11.1 Å². The van der Waals surface area contributed by atoms with E-state index in [4.69, 9.17) is 17.3 Å². The fraction of sp³-hybridized carbons (Fsp3) is 0.231. The highest BCUT2D eigenvalue weighted by Gasteiger charge is 2.36. The van der Waals surface area contributed by atoms with Gasteiger partial charge < -0.3 is 10.6 Å². The number of nitrogens with two attached hydrogens (primary N) is 1. The van der Waals surface area contributed by atoms with Gasteiger partial charge in [0.25, 0.3) is 0 Å². The van der Waals surface area contributed by atoms with Gasteiger partial charge in [0.15, 0.2) is 5.84 Å². The Morgan fingerprint density at radius 1 is 1.12 bits per heavy atom. The van der Waals surface area contributed by atoms with Crippen molar-refractivity contribution in [2.24, 2.45) is 10.9 Å². The van der Waals surface area contributed by atoms with Crippen molar-refractivity contribution in [1.29, 1.82) is 0 Å². The van der Waals surface area contributed by atoms with E-state index in [0.29, 0.717) is 12.1 Å². The summed E-state index contributed by atoms with van der Waals surface area (Å²) < 4.78 is 76.0. The molecular formula is C13H9ClF6N2O2. The predicted molar refractivity (Wildman–Crippen MR) is 73.9 cm³/mol. The van der Waals surface area contributed by atoms with Gasteiger partial charge in [0.2, 0.25) is 0 Å². The van der Waals surface area contributed by atoms with Crippen LogP contribution in [-0.4, -0.2) is 17.7 Å². The van der Waals surface area contributed by atoms with Gasteiger partial charge in [-0.15, -0.1) is 11.6 Å². The van der Waals surface area contributed by atoms with Crippen LogP contribution in [0.4, 0.5) is 26.3 Å². The van der Waals surface area contributed by atoms with Crippen molar-refractivity contribution >= 4 is 29.5 Å². The second-order valence-electron chi connectivity index (χ2n) is 4.29. The number of nitrogens with zero attached hydrogens (tertiary/aromatic N) is 1. The van der Waals surface area contributed by atoms with Crippen molar-refractivity contribution in [2.75, 3.05) is 5.88 Å². The number of rotatable bonds is 4. The van der Waals surface area contributed by atoms with Crippen LogP contribution in [0, 0.1) is 0 Å². The average Bonchev–Trinajstić information content (AvgIpc) is 2.48. The molecular weight excluding hydrogens is 366 g/mol. The molecule has 0 amide bonds. The van der Waals surface area contributed by atoms with Gasteiger partial charge in [-0.25, -0.2) is 4.79 Å². The van der Waals surface area contributed by atoms with Crippen molar-refractivity contribution in [3.8, 4) is 0 Å². The summed E-state index contributed by atoms with van der Waals surface area (Å²) in [5.41, 5.74) is 1.91. The van der Waals surface area contributed by atoms with Gasteiger partial charge in [-0.2, -0.15) is 26.3 Å². The highest BCUT2D eigenvalue weighted by Crippen LogP contribution is 2.36. The molecule has 0 aliphatic rings. The molecule has 0 atom stereocenters. The van der Waals surface area contributed by atoms with Crippen molar-refractivity contribution < 1.29 is 36.0 Å². The summed E-state index contributed by atoms with van der Waals surface area (Å²) in [7, 11) is 0. The average molecular weight is 375 g/mol. The lowest BCUT2D eigenvalue weighted by molar-refractivity contribution is -0.143. The molecule has 1 rings (SSSR count). The van der Waals surface area contributed by atoms with Gasteiger partial charge in [-0.05, 0) is 29.8 Å². The monoisotopic (exact) mass is 374 g/mol. The van der Waals surface area contributed by atoms with Crippen LogP contribution in [0.1, 0.15) is 16.7 Å². The van der Waals surface area contributed by atoms with Gasteiger partial charge >= 0.3 is 18.3 Å². The molecule has 0 aliphatic heterocycles. The highest BCUT2D eigenvalue weighted by atomic mass is 35.5. The maximum absolute atomic E-state index is 12.7. The molecule has 0 bridgehead atoms. The van der Waals surface area contributed by atoms with Crippen LogP contribution in [0.2, 0.25) is 0 Å². The smallest absolute Gasteiger partial charge is 0.381 e. The number of alkyl halides is 7. The van der Waals surface area contributed by atoms with E-state index in [1.165, 1.54) is 0 Å². The summed E-state index contributed by atoms with van der Waals surface area (Å²) in [5.74, 6) is -1.91. The van der Waals surface area contributed by atoms with E-state index >= 15 is 0 Å². The van der Waals surface area contributed by atoms with Crippen LogP contribution in [0.5, 0.6) is 0 Å². The molecule has 4 nitrogen and oxygen atoms in total. The molecule has 0 fully saturated rings. The lowest BCUT2D eigenvalue weighted by atomic mass is 10.0. The minimum atomic E-state index is -4.96. The first-order valence-electron chi connectivity index (χ1n) is 6.00. The lowest BCUT2D eigenvalue weighted by Gasteiger charge is -2.12. The zero-order chi connectivity index (χ0) is 18.5. The molecule has 0 aliphatic carbocycles. The quantitative estimate of drug-likeness (QED) is 0.218. The first-order chi connectivity index (χ1) is 10.9. The number of amidine groups is 1. The maximum Gasteiger partial charge on any atom is 0.416 e. The predicted octanol–water partition coefficient (Wildman–Crippen LogP) is 3.79. The van der Waals surface area contributed by atoms with Gasteiger partial charge in [0.1, 0.15) is 5.88 Å². The standard InChI is InChI=1S/C13H9ClF6N2O2/c14-6-11(23)24-22-10(21)2-1-7-3-8(12(15,16)17)5-9(4-7)13(18,19)20/h1-5H,6H2,(H2,21,22). The third kappa shape index (κ3) is 6.11. The molecule has 0 heterocycles. The van der Waals surface area contributed by atoms with E-state index < -0.39 is 46.7 Å². The molecule has 0 unspecified atom stereocenters. The zero-order valence-electron chi connectivity index (χ0n) is 11.6. The summed E-state index contributed by atoms with van der Waals surface area (Å²) in [6.45, 7) is 0. The number of hydrogen-bond donors (Lipinski definition) is 1. The molecule has 1 aromatic carbocycles. The highest BCUT2D eigenvalue weighted by molar-refractivity contribution is 6.26. The van der Waals surface area contributed by atoms with Gasteiger partial charge in [0, 0.05) is 0 Å². The minimum absolute atomic E-state index is 0.00294. The number of oxime groups is 1. The van der Waals surface area contributed by atoms with Crippen LogP contribution in [0.15, 0.2) is 29.4 Å². The third-order valence-electron chi connectivity index (χ3n) is 2.42. The Labute approximate surface area is 136 Å². The number of hydrogen-bond acceptors (Lipinski definition) is 3. The first-order valence-corrected chi connectivity index (χ1v) is 6.54. The fourth-order valence-electron chi connectivity index (χ4n) is 1.42. The number of halogens is 7.